The fourth-order valence-corrected chi connectivity index (χ4v) is 4.16. The summed E-state index contributed by atoms with van der Waals surface area (Å²) in [5.41, 5.74) is 8.51. The van der Waals surface area contributed by atoms with E-state index in [0.717, 1.165) is 18.5 Å². The second-order valence-electron chi connectivity index (χ2n) is 6.15. The van der Waals surface area contributed by atoms with Crippen molar-refractivity contribution in [3.8, 4) is 0 Å². The standard InChI is InChI=1S/C18H21N3O3S/c1-12-6-7-14(10-16(12)18(19)22)25(23,24)21-11-17-15-5-3-2-4-13(15)8-9-20-17/h2-7,10,17,20-21H,8-9,11H2,1H3,(H2,19,22). The van der Waals surface area contributed by atoms with Crippen LogP contribution in [0.3, 0.4) is 0 Å². The maximum Gasteiger partial charge on any atom is 0.249 e. The van der Waals surface area contributed by atoms with Crippen molar-refractivity contribution in [1.29, 1.82) is 0 Å². The van der Waals surface area contributed by atoms with E-state index in [1.807, 2.05) is 18.2 Å². The lowest BCUT2D eigenvalue weighted by molar-refractivity contribution is 0.0999. The Morgan fingerprint density at radius 2 is 2.04 bits per heavy atom. The summed E-state index contributed by atoms with van der Waals surface area (Å²) in [6.07, 6.45) is 0.930. The van der Waals surface area contributed by atoms with Crippen LogP contribution in [0.5, 0.6) is 0 Å². The number of sulfonamides is 1. The molecule has 1 heterocycles. The highest BCUT2D eigenvalue weighted by Crippen LogP contribution is 2.23. The summed E-state index contributed by atoms with van der Waals surface area (Å²) < 4.78 is 27.8. The molecule has 0 fully saturated rings. The zero-order valence-corrected chi connectivity index (χ0v) is 14.8. The van der Waals surface area contributed by atoms with Crippen LogP contribution in [0, 0.1) is 6.92 Å². The SMILES string of the molecule is Cc1ccc(S(=O)(=O)NCC2NCCc3ccccc32)cc1C(N)=O. The smallest absolute Gasteiger partial charge is 0.249 e. The van der Waals surface area contributed by atoms with Crippen molar-refractivity contribution in [2.24, 2.45) is 5.73 Å². The summed E-state index contributed by atoms with van der Waals surface area (Å²) in [7, 11) is -3.73. The predicted octanol–water partition coefficient (Wildman–Crippen LogP) is 1.26. The second kappa shape index (κ2) is 6.95. The minimum atomic E-state index is -3.73. The Bertz CT molecular complexity index is 910. The number of carbonyl (C=O) groups is 1. The summed E-state index contributed by atoms with van der Waals surface area (Å²) >= 11 is 0. The molecule has 2 aromatic rings. The third-order valence-corrected chi connectivity index (χ3v) is 5.90. The molecule has 2 aromatic carbocycles. The zero-order chi connectivity index (χ0) is 18.0. The van der Waals surface area contributed by atoms with Crippen LogP contribution in [0.15, 0.2) is 47.4 Å². The van der Waals surface area contributed by atoms with Gasteiger partial charge in [0.2, 0.25) is 15.9 Å². The molecule has 1 aliphatic rings. The van der Waals surface area contributed by atoms with Gasteiger partial charge in [-0.2, -0.15) is 0 Å². The maximum atomic E-state index is 12.6. The average molecular weight is 359 g/mol. The van der Waals surface area contributed by atoms with Crippen LogP contribution in [0.1, 0.15) is 33.1 Å². The van der Waals surface area contributed by atoms with Gasteiger partial charge in [-0.3, -0.25) is 4.79 Å². The van der Waals surface area contributed by atoms with E-state index >= 15 is 0 Å². The third kappa shape index (κ3) is 3.73. The van der Waals surface area contributed by atoms with Gasteiger partial charge in [-0.05, 0) is 48.7 Å². The molecule has 1 unspecified atom stereocenters. The Hall–Kier alpha value is -2.22. The fourth-order valence-electron chi connectivity index (χ4n) is 3.09. The number of amides is 1. The average Bonchev–Trinajstić information content (AvgIpc) is 2.60. The summed E-state index contributed by atoms with van der Waals surface area (Å²) in [6.45, 7) is 2.76. The lowest BCUT2D eigenvalue weighted by Crippen LogP contribution is -2.38. The van der Waals surface area contributed by atoms with Crippen LogP contribution >= 0.6 is 0 Å². The molecule has 6 nitrogen and oxygen atoms in total. The maximum absolute atomic E-state index is 12.6. The highest BCUT2D eigenvalue weighted by atomic mass is 32.2. The van der Waals surface area contributed by atoms with Crippen LogP contribution in [0.2, 0.25) is 0 Å². The van der Waals surface area contributed by atoms with Crippen molar-refractivity contribution in [2.75, 3.05) is 13.1 Å². The van der Waals surface area contributed by atoms with E-state index in [1.54, 1.807) is 13.0 Å². The molecule has 1 aliphatic heterocycles. The fraction of sp³-hybridized carbons (Fsp3) is 0.278. The Balaban J connectivity index is 1.80. The molecular formula is C18H21N3O3S. The number of hydrogen-bond acceptors (Lipinski definition) is 4. The van der Waals surface area contributed by atoms with Crippen LogP contribution in [0.25, 0.3) is 0 Å². The van der Waals surface area contributed by atoms with Gasteiger partial charge in [-0.15, -0.1) is 0 Å². The van der Waals surface area contributed by atoms with Gasteiger partial charge in [0.25, 0.3) is 0 Å². The Labute approximate surface area is 147 Å². The lowest BCUT2D eigenvalue weighted by atomic mass is 9.95. The molecule has 7 heteroatoms. The van der Waals surface area contributed by atoms with Crippen molar-refractivity contribution < 1.29 is 13.2 Å². The number of nitrogens with two attached hydrogens (primary N) is 1. The van der Waals surface area contributed by atoms with Gasteiger partial charge in [0, 0.05) is 18.2 Å². The van der Waals surface area contributed by atoms with E-state index in [0.29, 0.717) is 5.56 Å². The number of rotatable bonds is 5. The molecular weight excluding hydrogens is 338 g/mol. The van der Waals surface area contributed by atoms with Crippen LogP contribution in [-0.4, -0.2) is 27.4 Å². The molecule has 0 bridgehead atoms. The van der Waals surface area contributed by atoms with Gasteiger partial charge in [0.1, 0.15) is 0 Å². The first-order valence-corrected chi connectivity index (χ1v) is 9.58. The number of nitrogens with one attached hydrogen (secondary N) is 2. The highest BCUT2D eigenvalue weighted by molar-refractivity contribution is 7.89. The van der Waals surface area contributed by atoms with Gasteiger partial charge >= 0.3 is 0 Å². The normalized spacial score (nSPS) is 17.1. The van der Waals surface area contributed by atoms with E-state index in [1.165, 1.54) is 17.7 Å². The molecule has 0 aromatic heterocycles. The minimum absolute atomic E-state index is 0.0380. The van der Waals surface area contributed by atoms with E-state index in [2.05, 4.69) is 16.1 Å². The molecule has 1 amide bonds. The molecule has 0 saturated heterocycles. The Morgan fingerprint density at radius 1 is 1.28 bits per heavy atom. The topological polar surface area (TPSA) is 101 Å². The van der Waals surface area contributed by atoms with E-state index < -0.39 is 15.9 Å². The van der Waals surface area contributed by atoms with Crippen LogP contribution in [0.4, 0.5) is 0 Å². The predicted molar refractivity (Wildman–Crippen MR) is 95.8 cm³/mol. The van der Waals surface area contributed by atoms with Gasteiger partial charge in [-0.1, -0.05) is 30.3 Å². The largest absolute Gasteiger partial charge is 0.366 e. The van der Waals surface area contributed by atoms with Crippen LogP contribution < -0.4 is 15.8 Å². The molecule has 0 saturated carbocycles. The number of benzene rings is 2. The quantitative estimate of drug-likeness (QED) is 0.748. The Kier molecular flexibility index (Phi) is 4.89. The number of primary amides is 1. The minimum Gasteiger partial charge on any atom is -0.366 e. The van der Waals surface area contributed by atoms with Gasteiger partial charge in [0.15, 0.2) is 0 Å². The molecule has 1 atom stereocenters. The first-order chi connectivity index (χ1) is 11.9. The molecule has 25 heavy (non-hydrogen) atoms. The monoisotopic (exact) mass is 359 g/mol. The van der Waals surface area contributed by atoms with E-state index in [-0.39, 0.29) is 23.0 Å². The zero-order valence-electron chi connectivity index (χ0n) is 14.0. The number of aryl methyl sites for hydroxylation is 1. The lowest BCUT2D eigenvalue weighted by Gasteiger charge is -2.27. The third-order valence-electron chi connectivity index (χ3n) is 4.48. The first-order valence-electron chi connectivity index (χ1n) is 8.10. The van der Waals surface area contributed by atoms with Crippen molar-refractivity contribution in [3.63, 3.8) is 0 Å². The summed E-state index contributed by atoms with van der Waals surface area (Å²) in [6, 6.07) is 12.3. The van der Waals surface area contributed by atoms with Gasteiger partial charge in [0.05, 0.1) is 4.90 Å². The molecule has 3 rings (SSSR count). The first kappa shape index (κ1) is 17.6. The molecule has 0 radical (unpaired) electrons. The summed E-state index contributed by atoms with van der Waals surface area (Å²) in [5.74, 6) is -0.641. The van der Waals surface area contributed by atoms with Crippen molar-refractivity contribution in [1.82, 2.24) is 10.0 Å². The van der Waals surface area contributed by atoms with E-state index in [4.69, 9.17) is 5.73 Å². The Morgan fingerprint density at radius 3 is 2.80 bits per heavy atom. The summed E-state index contributed by atoms with van der Waals surface area (Å²) in [4.78, 5) is 11.5. The van der Waals surface area contributed by atoms with Crippen molar-refractivity contribution in [2.45, 2.75) is 24.3 Å². The number of carbonyl (C=O) groups excluding carboxylic acids is 1. The number of hydrogen-bond donors (Lipinski definition) is 3. The van der Waals surface area contributed by atoms with Gasteiger partial charge < -0.3 is 11.1 Å². The molecule has 0 spiro atoms. The second-order valence-corrected chi connectivity index (χ2v) is 7.92. The van der Waals surface area contributed by atoms with Gasteiger partial charge in [-0.25, -0.2) is 13.1 Å². The van der Waals surface area contributed by atoms with E-state index in [9.17, 15) is 13.2 Å². The van der Waals surface area contributed by atoms with Crippen molar-refractivity contribution in [3.05, 3.63) is 64.7 Å². The molecule has 0 aliphatic carbocycles. The summed E-state index contributed by atoms with van der Waals surface area (Å²) in [5, 5.41) is 3.34. The highest BCUT2D eigenvalue weighted by Gasteiger charge is 2.23. The number of fused-ring (bicyclic) bond motifs is 1. The molecule has 4 N–H and O–H groups in total. The molecule has 132 valence electrons. The van der Waals surface area contributed by atoms with Crippen LogP contribution in [-0.2, 0) is 16.4 Å². The van der Waals surface area contributed by atoms with Crippen molar-refractivity contribution >= 4 is 15.9 Å².